The Morgan fingerprint density at radius 2 is 1.67 bits per heavy atom. The minimum Gasteiger partial charge on any atom is -0.508 e. The number of carbonyl (C=O) groups excluding carboxylic acids is 1. The van der Waals surface area contributed by atoms with Gasteiger partial charge in [-0.2, -0.15) is 0 Å². The SMILES string of the molecule is O=C(NO)N(c1ccccc1)c1cccc(O)c1. The van der Waals surface area contributed by atoms with Crippen LogP contribution >= 0.6 is 0 Å². The zero-order valence-electron chi connectivity index (χ0n) is 9.45. The van der Waals surface area contributed by atoms with Gasteiger partial charge in [-0.1, -0.05) is 24.3 Å². The van der Waals surface area contributed by atoms with E-state index in [1.165, 1.54) is 17.0 Å². The lowest BCUT2D eigenvalue weighted by molar-refractivity contribution is 0.168. The molecule has 2 amide bonds. The highest BCUT2D eigenvalue weighted by Crippen LogP contribution is 2.27. The molecule has 0 aliphatic rings. The number of hydroxylamine groups is 1. The minimum atomic E-state index is -0.702. The predicted molar refractivity (Wildman–Crippen MR) is 67.0 cm³/mol. The van der Waals surface area contributed by atoms with Crippen LogP contribution in [0.5, 0.6) is 5.75 Å². The van der Waals surface area contributed by atoms with E-state index < -0.39 is 6.03 Å². The molecule has 0 heterocycles. The Morgan fingerprint density at radius 3 is 2.28 bits per heavy atom. The van der Waals surface area contributed by atoms with Gasteiger partial charge in [0.1, 0.15) is 5.75 Å². The molecule has 0 saturated heterocycles. The van der Waals surface area contributed by atoms with E-state index in [0.717, 1.165) is 0 Å². The first-order chi connectivity index (χ1) is 8.72. The molecule has 0 aliphatic carbocycles. The second-order valence-corrected chi connectivity index (χ2v) is 3.61. The molecule has 0 fully saturated rings. The molecular weight excluding hydrogens is 232 g/mol. The lowest BCUT2D eigenvalue weighted by Gasteiger charge is -2.21. The molecule has 0 aromatic heterocycles. The largest absolute Gasteiger partial charge is 0.508 e. The molecule has 0 unspecified atom stereocenters. The Bertz CT molecular complexity index is 543. The van der Waals surface area contributed by atoms with Crippen molar-refractivity contribution in [3.63, 3.8) is 0 Å². The number of para-hydroxylation sites is 1. The van der Waals surface area contributed by atoms with Gasteiger partial charge in [0, 0.05) is 6.07 Å². The summed E-state index contributed by atoms with van der Waals surface area (Å²) in [6.45, 7) is 0. The average molecular weight is 244 g/mol. The Kier molecular flexibility index (Phi) is 3.45. The van der Waals surface area contributed by atoms with Crippen LogP contribution in [0, 0.1) is 0 Å². The zero-order valence-corrected chi connectivity index (χ0v) is 9.45. The van der Waals surface area contributed by atoms with Crippen molar-refractivity contribution in [3.8, 4) is 5.75 Å². The number of benzene rings is 2. The molecule has 2 aromatic carbocycles. The molecular formula is C13H12N2O3. The molecule has 5 nitrogen and oxygen atoms in total. The van der Waals surface area contributed by atoms with Crippen molar-refractivity contribution in [1.82, 2.24) is 5.48 Å². The fourth-order valence-corrected chi connectivity index (χ4v) is 1.64. The maximum Gasteiger partial charge on any atom is 0.350 e. The second kappa shape index (κ2) is 5.20. The third kappa shape index (κ3) is 2.41. The summed E-state index contributed by atoms with van der Waals surface area (Å²) in [6.07, 6.45) is 0. The van der Waals surface area contributed by atoms with Crippen molar-refractivity contribution in [1.29, 1.82) is 0 Å². The number of nitrogens with one attached hydrogen (secondary N) is 1. The molecule has 0 spiro atoms. The van der Waals surface area contributed by atoms with Crippen LogP contribution in [0.1, 0.15) is 0 Å². The highest BCUT2D eigenvalue weighted by atomic mass is 16.5. The van der Waals surface area contributed by atoms with E-state index in [4.69, 9.17) is 5.21 Å². The van der Waals surface area contributed by atoms with Gasteiger partial charge in [-0.3, -0.25) is 10.1 Å². The van der Waals surface area contributed by atoms with Gasteiger partial charge in [-0.25, -0.2) is 10.3 Å². The van der Waals surface area contributed by atoms with Gasteiger partial charge in [0.15, 0.2) is 0 Å². The van der Waals surface area contributed by atoms with Crippen LogP contribution in [0.2, 0.25) is 0 Å². The quantitative estimate of drug-likeness (QED) is 0.561. The zero-order chi connectivity index (χ0) is 13.0. The fourth-order valence-electron chi connectivity index (χ4n) is 1.64. The van der Waals surface area contributed by atoms with Crippen molar-refractivity contribution in [2.75, 3.05) is 4.90 Å². The number of aromatic hydroxyl groups is 1. The summed E-state index contributed by atoms with van der Waals surface area (Å²) in [6, 6.07) is 14.3. The molecule has 0 bridgehead atoms. The molecule has 18 heavy (non-hydrogen) atoms. The summed E-state index contributed by atoms with van der Waals surface area (Å²) in [5.74, 6) is 0.0409. The maximum absolute atomic E-state index is 11.7. The summed E-state index contributed by atoms with van der Waals surface area (Å²) in [5, 5.41) is 18.2. The molecule has 2 rings (SSSR count). The van der Waals surface area contributed by atoms with Gasteiger partial charge >= 0.3 is 6.03 Å². The second-order valence-electron chi connectivity index (χ2n) is 3.61. The summed E-state index contributed by atoms with van der Waals surface area (Å²) in [7, 11) is 0. The van der Waals surface area contributed by atoms with Crippen molar-refractivity contribution in [2.45, 2.75) is 0 Å². The number of hydrogen-bond acceptors (Lipinski definition) is 3. The number of phenolic OH excluding ortho intramolecular Hbond substituents is 1. The molecule has 0 atom stereocenters. The number of nitrogens with zero attached hydrogens (tertiary/aromatic N) is 1. The standard InChI is InChI=1S/C13H12N2O3/c16-12-8-4-7-11(9-12)15(13(17)14-18)10-5-2-1-3-6-10/h1-9,16,18H,(H,14,17). The van der Waals surface area contributed by atoms with Gasteiger partial charge in [-0.05, 0) is 24.3 Å². The third-order valence-electron chi connectivity index (χ3n) is 2.40. The van der Waals surface area contributed by atoms with Crippen molar-refractivity contribution < 1.29 is 15.1 Å². The minimum absolute atomic E-state index is 0.0409. The van der Waals surface area contributed by atoms with Gasteiger partial charge in [0.05, 0.1) is 11.4 Å². The number of urea groups is 1. The van der Waals surface area contributed by atoms with Crippen LogP contribution in [0.25, 0.3) is 0 Å². The first-order valence-electron chi connectivity index (χ1n) is 5.30. The Morgan fingerprint density at radius 1 is 1.00 bits per heavy atom. The summed E-state index contributed by atoms with van der Waals surface area (Å²) >= 11 is 0. The molecule has 92 valence electrons. The first-order valence-corrected chi connectivity index (χ1v) is 5.30. The van der Waals surface area contributed by atoms with Crippen LogP contribution in [0.4, 0.5) is 16.2 Å². The number of hydrogen-bond donors (Lipinski definition) is 3. The molecule has 5 heteroatoms. The topological polar surface area (TPSA) is 72.8 Å². The van der Waals surface area contributed by atoms with E-state index in [1.54, 1.807) is 41.9 Å². The van der Waals surface area contributed by atoms with Gasteiger partial charge in [0.2, 0.25) is 0 Å². The highest BCUT2D eigenvalue weighted by molar-refractivity contribution is 5.98. The number of phenols is 1. The fraction of sp³-hybridized carbons (Fsp3) is 0. The van der Waals surface area contributed by atoms with E-state index in [1.807, 2.05) is 6.07 Å². The van der Waals surface area contributed by atoms with Crippen LogP contribution < -0.4 is 10.4 Å². The van der Waals surface area contributed by atoms with E-state index in [0.29, 0.717) is 11.4 Å². The number of carbonyl (C=O) groups is 1. The summed E-state index contributed by atoms with van der Waals surface area (Å²) in [5.41, 5.74) is 2.62. The molecule has 0 radical (unpaired) electrons. The van der Waals surface area contributed by atoms with Crippen molar-refractivity contribution >= 4 is 17.4 Å². The smallest absolute Gasteiger partial charge is 0.350 e. The van der Waals surface area contributed by atoms with Crippen molar-refractivity contribution in [2.24, 2.45) is 0 Å². The Labute approximate surface area is 104 Å². The number of rotatable bonds is 2. The molecule has 0 aliphatic heterocycles. The summed E-state index contributed by atoms with van der Waals surface area (Å²) < 4.78 is 0. The molecule has 0 saturated carbocycles. The highest BCUT2D eigenvalue weighted by Gasteiger charge is 2.17. The van der Waals surface area contributed by atoms with E-state index in [-0.39, 0.29) is 5.75 Å². The van der Waals surface area contributed by atoms with Crippen molar-refractivity contribution in [3.05, 3.63) is 54.6 Å². The lowest BCUT2D eigenvalue weighted by Crippen LogP contribution is -2.34. The summed E-state index contributed by atoms with van der Waals surface area (Å²) in [4.78, 5) is 13.0. The van der Waals surface area contributed by atoms with Crippen LogP contribution in [0.3, 0.4) is 0 Å². The lowest BCUT2D eigenvalue weighted by atomic mass is 10.2. The van der Waals surface area contributed by atoms with E-state index >= 15 is 0 Å². The normalized spacial score (nSPS) is 9.83. The first kappa shape index (κ1) is 11.9. The van der Waals surface area contributed by atoms with Crippen LogP contribution in [-0.2, 0) is 0 Å². The van der Waals surface area contributed by atoms with Gasteiger partial charge in [-0.15, -0.1) is 0 Å². The predicted octanol–water partition coefficient (Wildman–Crippen LogP) is 2.63. The molecule has 3 N–H and O–H groups in total. The van der Waals surface area contributed by atoms with Crippen LogP contribution in [0.15, 0.2) is 54.6 Å². The Hall–Kier alpha value is -2.53. The van der Waals surface area contributed by atoms with Gasteiger partial charge in [0.25, 0.3) is 0 Å². The Balaban J connectivity index is 2.47. The maximum atomic E-state index is 11.7. The van der Waals surface area contributed by atoms with Crippen LogP contribution in [-0.4, -0.2) is 16.3 Å². The molecule has 2 aromatic rings. The van der Waals surface area contributed by atoms with E-state index in [2.05, 4.69) is 0 Å². The average Bonchev–Trinajstić information content (AvgIpc) is 2.40. The monoisotopic (exact) mass is 244 g/mol. The van der Waals surface area contributed by atoms with E-state index in [9.17, 15) is 9.90 Å². The van der Waals surface area contributed by atoms with Gasteiger partial charge < -0.3 is 5.11 Å². The number of amides is 2. The third-order valence-corrected chi connectivity index (χ3v) is 2.40. The number of anilines is 2.